The molecule has 1 aromatic rings. The van der Waals surface area contributed by atoms with Crippen LogP contribution in [0.25, 0.3) is 0 Å². The summed E-state index contributed by atoms with van der Waals surface area (Å²) in [6.45, 7) is 5.54. The molecule has 0 bridgehead atoms. The van der Waals surface area contributed by atoms with Crippen LogP contribution in [0.3, 0.4) is 0 Å². The van der Waals surface area contributed by atoms with Crippen LogP contribution >= 0.6 is 11.6 Å². The number of benzene rings is 1. The predicted octanol–water partition coefficient (Wildman–Crippen LogP) is 4.50. The molecule has 1 saturated carbocycles. The smallest absolute Gasteiger partial charge is 0.0507 e. The van der Waals surface area contributed by atoms with Crippen LogP contribution in [0.15, 0.2) is 24.3 Å². The van der Waals surface area contributed by atoms with Crippen molar-refractivity contribution in [1.82, 2.24) is 10.2 Å². The summed E-state index contributed by atoms with van der Waals surface area (Å²) in [6, 6.07) is 8.69. The third-order valence-corrected chi connectivity index (χ3v) is 5.39. The number of nitrogens with one attached hydrogen (secondary N) is 1. The highest BCUT2D eigenvalue weighted by Gasteiger charge is 2.43. The second kappa shape index (κ2) is 7.13. The fourth-order valence-electron chi connectivity index (χ4n) is 3.76. The second-order valence-electron chi connectivity index (χ2n) is 6.73. The van der Waals surface area contributed by atoms with E-state index in [4.69, 9.17) is 11.6 Å². The van der Waals surface area contributed by atoms with E-state index >= 15 is 0 Å². The zero-order valence-corrected chi connectivity index (χ0v) is 14.6. The van der Waals surface area contributed by atoms with Crippen LogP contribution in [0.1, 0.15) is 51.1 Å². The number of likely N-dealkylation sites (N-methyl/N-ethyl adjacent to an activating group) is 2. The number of hydrogen-bond donors (Lipinski definition) is 1. The molecule has 0 aromatic heterocycles. The van der Waals surface area contributed by atoms with E-state index in [0.29, 0.717) is 6.04 Å². The van der Waals surface area contributed by atoms with Gasteiger partial charge in [-0.05, 0) is 69.9 Å². The van der Waals surface area contributed by atoms with Crippen molar-refractivity contribution in [1.29, 1.82) is 0 Å². The summed E-state index contributed by atoms with van der Waals surface area (Å²) in [7, 11) is 4.45. The van der Waals surface area contributed by atoms with Crippen molar-refractivity contribution in [3.63, 3.8) is 0 Å². The average Bonchev–Trinajstić information content (AvgIpc) is 2.46. The van der Waals surface area contributed by atoms with Gasteiger partial charge in [-0.2, -0.15) is 0 Å². The van der Waals surface area contributed by atoms with Gasteiger partial charge in [0.15, 0.2) is 0 Å². The van der Waals surface area contributed by atoms with Gasteiger partial charge in [-0.1, -0.05) is 37.6 Å². The maximum absolute atomic E-state index is 6.23. The van der Waals surface area contributed by atoms with Gasteiger partial charge >= 0.3 is 0 Å². The fourth-order valence-corrected chi connectivity index (χ4v) is 3.96. The Morgan fingerprint density at radius 2 is 2.00 bits per heavy atom. The summed E-state index contributed by atoms with van der Waals surface area (Å²) in [5, 5.41) is 4.56. The predicted molar refractivity (Wildman–Crippen MR) is 91.9 cm³/mol. The van der Waals surface area contributed by atoms with Crippen molar-refractivity contribution in [3.05, 3.63) is 34.9 Å². The van der Waals surface area contributed by atoms with Gasteiger partial charge in [0.2, 0.25) is 0 Å². The average molecular weight is 309 g/mol. The second-order valence-corrected chi connectivity index (χ2v) is 7.16. The SMILES string of the molecule is CCNC(c1cccc(Cl)c1)C1(N(C)C)CCC(C)CC1. The molecule has 1 N–H and O–H groups in total. The molecule has 118 valence electrons. The van der Waals surface area contributed by atoms with Crippen molar-refractivity contribution >= 4 is 11.6 Å². The summed E-state index contributed by atoms with van der Waals surface area (Å²) in [6.07, 6.45) is 5.10. The molecule has 3 heteroatoms. The lowest BCUT2D eigenvalue weighted by atomic mass is 9.70. The molecule has 1 fully saturated rings. The first kappa shape index (κ1) is 16.8. The number of halogens is 1. The van der Waals surface area contributed by atoms with Gasteiger partial charge in [-0.25, -0.2) is 0 Å². The van der Waals surface area contributed by atoms with Gasteiger partial charge in [0.25, 0.3) is 0 Å². The Bertz CT molecular complexity index is 450. The van der Waals surface area contributed by atoms with E-state index < -0.39 is 0 Å². The van der Waals surface area contributed by atoms with Crippen molar-refractivity contribution in [2.24, 2.45) is 5.92 Å². The lowest BCUT2D eigenvalue weighted by Gasteiger charge is -2.50. The molecule has 1 atom stereocenters. The Hall–Kier alpha value is -0.570. The normalized spacial score (nSPS) is 27.8. The van der Waals surface area contributed by atoms with E-state index in [-0.39, 0.29) is 5.54 Å². The molecule has 2 rings (SSSR count). The summed E-state index contributed by atoms with van der Waals surface area (Å²) in [4.78, 5) is 2.44. The van der Waals surface area contributed by atoms with Gasteiger partial charge in [-0.15, -0.1) is 0 Å². The lowest BCUT2D eigenvalue weighted by Crippen LogP contribution is -2.55. The Labute approximate surface area is 134 Å². The summed E-state index contributed by atoms with van der Waals surface area (Å²) >= 11 is 6.23. The molecule has 2 nitrogen and oxygen atoms in total. The highest BCUT2D eigenvalue weighted by Crippen LogP contribution is 2.43. The van der Waals surface area contributed by atoms with Gasteiger partial charge in [0.1, 0.15) is 0 Å². The minimum absolute atomic E-state index is 0.188. The molecule has 0 radical (unpaired) electrons. The quantitative estimate of drug-likeness (QED) is 0.861. The van der Waals surface area contributed by atoms with E-state index in [1.807, 2.05) is 6.07 Å². The Balaban J connectivity index is 2.37. The topological polar surface area (TPSA) is 15.3 Å². The number of rotatable bonds is 5. The first-order valence-corrected chi connectivity index (χ1v) is 8.53. The minimum atomic E-state index is 0.188. The van der Waals surface area contributed by atoms with Crippen molar-refractivity contribution in [3.8, 4) is 0 Å². The van der Waals surface area contributed by atoms with Crippen LogP contribution < -0.4 is 5.32 Å². The van der Waals surface area contributed by atoms with Crippen molar-refractivity contribution < 1.29 is 0 Å². The Morgan fingerprint density at radius 1 is 1.33 bits per heavy atom. The summed E-state index contributed by atoms with van der Waals surface area (Å²) in [5.74, 6) is 0.847. The zero-order valence-electron chi connectivity index (χ0n) is 13.8. The first-order valence-electron chi connectivity index (χ1n) is 8.16. The summed E-state index contributed by atoms with van der Waals surface area (Å²) in [5.41, 5.74) is 1.50. The van der Waals surface area contributed by atoms with Gasteiger partial charge in [0, 0.05) is 10.6 Å². The third-order valence-electron chi connectivity index (χ3n) is 5.16. The zero-order chi connectivity index (χ0) is 15.5. The molecule has 0 saturated heterocycles. The molecule has 1 aromatic carbocycles. The van der Waals surface area contributed by atoms with E-state index in [0.717, 1.165) is 17.5 Å². The van der Waals surface area contributed by atoms with Crippen LogP contribution in [0.5, 0.6) is 0 Å². The number of hydrogen-bond acceptors (Lipinski definition) is 2. The molecule has 1 aliphatic rings. The van der Waals surface area contributed by atoms with Crippen LogP contribution in [-0.4, -0.2) is 31.1 Å². The largest absolute Gasteiger partial charge is 0.309 e. The monoisotopic (exact) mass is 308 g/mol. The third kappa shape index (κ3) is 3.61. The molecule has 0 amide bonds. The van der Waals surface area contributed by atoms with Crippen molar-refractivity contribution in [2.75, 3.05) is 20.6 Å². The van der Waals surface area contributed by atoms with Crippen LogP contribution in [-0.2, 0) is 0 Å². The maximum Gasteiger partial charge on any atom is 0.0507 e. The number of nitrogens with zero attached hydrogens (tertiary/aromatic N) is 1. The van der Waals surface area contributed by atoms with E-state index in [9.17, 15) is 0 Å². The van der Waals surface area contributed by atoms with Gasteiger partial charge in [0.05, 0.1) is 6.04 Å². The molecule has 21 heavy (non-hydrogen) atoms. The molecule has 1 aliphatic carbocycles. The van der Waals surface area contributed by atoms with Crippen LogP contribution in [0.4, 0.5) is 0 Å². The highest BCUT2D eigenvalue weighted by molar-refractivity contribution is 6.30. The summed E-state index contributed by atoms with van der Waals surface area (Å²) < 4.78 is 0. The van der Waals surface area contributed by atoms with E-state index in [2.05, 4.69) is 56.4 Å². The van der Waals surface area contributed by atoms with E-state index in [1.54, 1.807) is 0 Å². The van der Waals surface area contributed by atoms with Crippen LogP contribution in [0.2, 0.25) is 5.02 Å². The van der Waals surface area contributed by atoms with Crippen LogP contribution in [0, 0.1) is 5.92 Å². The fraction of sp³-hybridized carbons (Fsp3) is 0.667. The molecule has 1 unspecified atom stereocenters. The molecular formula is C18H29ClN2. The molecular weight excluding hydrogens is 280 g/mol. The standard InChI is InChI=1S/C18H29ClN2/c1-5-20-17(15-7-6-8-16(19)13-15)18(21(3)4)11-9-14(2)10-12-18/h6-8,13-14,17,20H,5,9-12H2,1-4H3. The minimum Gasteiger partial charge on any atom is -0.309 e. The first-order chi connectivity index (χ1) is 9.99. The van der Waals surface area contributed by atoms with Gasteiger partial charge < -0.3 is 10.2 Å². The highest BCUT2D eigenvalue weighted by atomic mass is 35.5. The Morgan fingerprint density at radius 3 is 2.52 bits per heavy atom. The van der Waals surface area contributed by atoms with Crippen molar-refractivity contribution in [2.45, 2.75) is 51.1 Å². The molecule has 0 spiro atoms. The van der Waals surface area contributed by atoms with Gasteiger partial charge in [-0.3, -0.25) is 0 Å². The Kier molecular flexibility index (Phi) is 5.70. The molecule has 0 heterocycles. The maximum atomic E-state index is 6.23. The van der Waals surface area contributed by atoms with E-state index in [1.165, 1.54) is 31.2 Å². The lowest BCUT2D eigenvalue weighted by molar-refractivity contribution is 0.0434. The molecule has 0 aliphatic heterocycles.